The molecule has 2 aromatic rings. The van der Waals surface area contributed by atoms with E-state index in [1.165, 1.54) is 5.56 Å². The van der Waals surface area contributed by atoms with E-state index in [0.717, 1.165) is 23.0 Å². The zero-order valence-electron chi connectivity index (χ0n) is 11.4. The van der Waals surface area contributed by atoms with Crippen molar-refractivity contribution in [1.29, 1.82) is 0 Å². The van der Waals surface area contributed by atoms with Crippen LogP contribution in [0.3, 0.4) is 0 Å². The minimum absolute atomic E-state index is 0.466. The highest BCUT2D eigenvalue weighted by Crippen LogP contribution is 2.28. The van der Waals surface area contributed by atoms with Gasteiger partial charge >= 0.3 is 0 Å². The Hall–Kier alpha value is -1.20. The van der Waals surface area contributed by atoms with Gasteiger partial charge in [-0.15, -0.1) is 10.2 Å². The molecule has 0 radical (unpaired) electrons. The molecule has 0 fully saturated rings. The first kappa shape index (κ1) is 14.2. The molecule has 0 aliphatic rings. The van der Waals surface area contributed by atoms with Crippen molar-refractivity contribution >= 4 is 15.9 Å². The van der Waals surface area contributed by atoms with E-state index in [9.17, 15) is 0 Å². The van der Waals surface area contributed by atoms with Gasteiger partial charge in [0, 0.05) is 23.5 Å². The number of benzene rings is 1. The molecule has 19 heavy (non-hydrogen) atoms. The molecule has 1 N–H and O–H groups in total. The average Bonchev–Trinajstić information content (AvgIpc) is 2.80. The van der Waals surface area contributed by atoms with E-state index < -0.39 is 0 Å². The lowest BCUT2D eigenvalue weighted by Gasteiger charge is -2.05. The van der Waals surface area contributed by atoms with Crippen LogP contribution in [0.4, 0.5) is 0 Å². The molecule has 1 heterocycles. The first-order valence-electron chi connectivity index (χ1n) is 6.38. The second kappa shape index (κ2) is 6.30. The summed E-state index contributed by atoms with van der Waals surface area (Å²) in [6.45, 7) is 7.11. The summed E-state index contributed by atoms with van der Waals surface area (Å²) in [5, 5.41) is 11.5. The minimum atomic E-state index is 0.466. The Labute approximate surface area is 121 Å². The fourth-order valence-corrected chi connectivity index (χ4v) is 2.15. The van der Waals surface area contributed by atoms with Crippen LogP contribution in [0.1, 0.15) is 25.3 Å². The maximum Gasteiger partial charge on any atom is 0.248 e. The maximum atomic E-state index is 5.70. The molecule has 0 saturated heterocycles. The summed E-state index contributed by atoms with van der Waals surface area (Å²) in [5.74, 6) is 1.23. The Morgan fingerprint density at radius 2 is 2.11 bits per heavy atom. The van der Waals surface area contributed by atoms with Gasteiger partial charge in [-0.05, 0) is 35.0 Å². The van der Waals surface area contributed by atoms with Crippen LogP contribution < -0.4 is 5.32 Å². The Balaban J connectivity index is 2.10. The first-order chi connectivity index (χ1) is 9.06. The van der Waals surface area contributed by atoms with Gasteiger partial charge in [-0.2, -0.15) is 0 Å². The summed E-state index contributed by atoms with van der Waals surface area (Å²) in [6, 6.07) is 6.54. The molecule has 0 bridgehead atoms. The van der Waals surface area contributed by atoms with Gasteiger partial charge in [-0.3, -0.25) is 0 Å². The lowest BCUT2D eigenvalue weighted by atomic mass is 10.1. The third kappa shape index (κ3) is 3.88. The zero-order chi connectivity index (χ0) is 13.8. The van der Waals surface area contributed by atoms with E-state index in [2.05, 4.69) is 45.3 Å². The summed E-state index contributed by atoms with van der Waals surface area (Å²) in [4.78, 5) is 0. The van der Waals surface area contributed by atoms with E-state index >= 15 is 0 Å². The minimum Gasteiger partial charge on any atom is -0.421 e. The standard InChI is InChI=1S/C14H18BrN3O/c1-9(2)16-7-6-13-17-18-14(19-13)11-8-10(3)4-5-12(11)15/h4-5,8-9,16H,6-7H2,1-3H3. The summed E-state index contributed by atoms with van der Waals surface area (Å²) in [7, 11) is 0. The van der Waals surface area contributed by atoms with Gasteiger partial charge in [0.2, 0.25) is 11.8 Å². The highest BCUT2D eigenvalue weighted by Gasteiger charge is 2.11. The summed E-state index contributed by atoms with van der Waals surface area (Å²) >= 11 is 3.51. The third-order valence-electron chi connectivity index (χ3n) is 2.71. The highest BCUT2D eigenvalue weighted by molar-refractivity contribution is 9.10. The van der Waals surface area contributed by atoms with E-state index in [-0.39, 0.29) is 0 Å². The number of nitrogens with zero attached hydrogens (tertiary/aromatic N) is 2. The van der Waals surface area contributed by atoms with Crippen LogP contribution in [0.25, 0.3) is 11.5 Å². The Kier molecular flexibility index (Phi) is 4.71. The normalized spacial score (nSPS) is 11.2. The summed E-state index contributed by atoms with van der Waals surface area (Å²) in [6.07, 6.45) is 0.745. The molecule has 102 valence electrons. The Morgan fingerprint density at radius 3 is 2.84 bits per heavy atom. The van der Waals surface area contributed by atoms with Crippen LogP contribution in [0.15, 0.2) is 27.1 Å². The fraction of sp³-hybridized carbons (Fsp3) is 0.429. The molecular weight excluding hydrogens is 306 g/mol. The largest absolute Gasteiger partial charge is 0.421 e. The van der Waals surface area contributed by atoms with Crippen molar-refractivity contribution in [2.45, 2.75) is 33.2 Å². The molecule has 2 rings (SSSR count). The summed E-state index contributed by atoms with van der Waals surface area (Å²) in [5.41, 5.74) is 2.11. The van der Waals surface area contributed by atoms with Gasteiger partial charge in [0.05, 0.1) is 5.56 Å². The van der Waals surface area contributed by atoms with Gasteiger partial charge in [-0.25, -0.2) is 0 Å². The van der Waals surface area contributed by atoms with E-state index in [4.69, 9.17) is 4.42 Å². The number of rotatable bonds is 5. The Morgan fingerprint density at radius 1 is 1.32 bits per heavy atom. The SMILES string of the molecule is Cc1ccc(Br)c(-c2nnc(CCNC(C)C)o2)c1. The van der Waals surface area contributed by atoms with E-state index in [0.29, 0.717) is 17.8 Å². The van der Waals surface area contributed by atoms with E-state index in [1.54, 1.807) is 0 Å². The zero-order valence-corrected chi connectivity index (χ0v) is 13.0. The van der Waals surface area contributed by atoms with E-state index in [1.807, 2.05) is 25.1 Å². The smallest absolute Gasteiger partial charge is 0.248 e. The van der Waals surface area contributed by atoms with Crippen molar-refractivity contribution in [2.75, 3.05) is 6.54 Å². The van der Waals surface area contributed by atoms with Crippen molar-refractivity contribution in [3.63, 3.8) is 0 Å². The highest BCUT2D eigenvalue weighted by atomic mass is 79.9. The van der Waals surface area contributed by atoms with Gasteiger partial charge in [0.25, 0.3) is 0 Å². The van der Waals surface area contributed by atoms with Crippen LogP contribution in [0.5, 0.6) is 0 Å². The first-order valence-corrected chi connectivity index (χ1v) is 7.18. The maximum absolute atomic E-state index is 5.70. The molecule has 1 aromatic heterocycles. The second-order valence-corrected chi connectivity index (χ2v) is 5.70. The van der Waals surface area contributed by atoms with Crippen LogP contribution >= 0.6 is 15.9 Å². The molecule has 0 unspecified atom stereocenters. The molecule has 1 aromatic carbocycles. The topological polar surface area (TPSA) is 51.0 Å². The lowest BCUT2D eigenvalue weighted by Crippen LogP contribution is -2.25. The molecule has 5 heteroatoms. The average molecular weight is 324 g/mol. The third-order valence-corrected chi connectivity index (χ3v) is 3.40. The lowest BCUT2D eigenvalue weighted by molar-refractivity contribution is 0.484. The van der Waals surface area contributed by atoms with Crippen molar-refractivity contribution < 1.29 is 4.42 Å². The van der Waals surface area contributed by atoms with Gasteiger partial charge < -0.3 is 9.73 Å². The molecule has 0 spiro atoms. The number of aryl methyl sites for hydroxylation is 1. The second-order valence-electron chi connectivity index (χ2n) is 4.84. The monoisotopic (exact) mass is 323 g/mol. The van der Waals surface area contributed by atoms with Gasteiger partial charge in [-0.1, -0.05) is 25.5 Å². The van der Waals surface area contributed by atoms with Gasteiger partial charge in [0.15, 0.2) is 0 Å². The van der Waals surface area contributed by atoms with Gasteiger partial charge in [0.1, 0.15) is 0 Å². The van der Waals surface area contributed by atoms with Crippen molar-refractivity contribution in [1.82, 2.24) is 15.5 Å². The number of hydrogen-bond donors (Lipinski definition) is 1. The quantitative estimate of drug-likeness (QED) is 0.916. The summed E-state index contributed by atoms with van der Waals surface area (Å²) < 4.78 is 6.66. The predicted octanol–water partition coefficient (Wildman–Crippen LogP) is 3.35. The van der Waals surface area contributed by atoms with Crippen molar-refractivity contribution in [3.05, 3.63) is 34.1 Å². The van der Waals surface area contributed by atoms with Crippen LogP contribution in [-0.4, -0.2) is 22.8 Å². The van der Waals surface area contributed by atoms with Crippen molar-refractivity contribution in [3.8, 4) is 11.5 Å². The molecule has 0 amide bonds. The molecule has 0 atom stereocenters. The predicted molar refractivity (Wildman–Crippen MR) is 79.0 cm³/mol. The van der Waals surface area contributed by atoms with Crippen molar-refractivity contribution in [2.24, 2.45) is 0 Å². The molecule has 0 aliphatic heterocycles. The number of hydrogen-bond acceptors (Lipinski definition) is 4. The Bertz CT molecular complexity index is 551. The molecule has 0 saturated carbocycles. The molecule has 4 nitrogen and oxygen atoms in total. The number of aromatic nitrogens is 2. The van der Waals surface area contributed by atoms with Crippen LogP contribution in [0.2, 0.25) is 0 Å². The fourth-order valence-electron chi connectivity index (χ4n) is 1.73. The molecule has 0 aliphatic carbocycles. The van der Waals surface area contributed by atoms with Crippen LogP contribution in [0, 0.1) is 6.92 Å². The number of halogens is 1. The number of nitrogens with one attached hydrogen (secondary N) is 1. The van der Waals surface area contributed by atoms with Crippen LogP contribution in [-0.2, 0) is 6.42 Å². The molecular formula is C14H18BrN3O.